The number of aliphatic hydroxyl groups excluding tert-OH is 1. The van der Waals surface area contributed by atoms with Crippen molar-refractivity contribution in [2.45, 2.75) is 57.5 Å². The third-order valence-corrected chi connectivity index (χ3v) is 2.68. The predicted molar refractivity (Wildman–Crippen MR) is 71.6 cm³/mol. The zero-order chi connectivity index (χ0) is 12.1. The van der Waals surface area contributed by atoms with Crippen molar-refractivity contribution in [2.24, 2.45) is 0 Å². The molecule has 0 radical (unpaired) electrons. The second-order valence-electron chi connectivity index (χ2n) is 3.92. The van der Waals surface area contributed by atoms with Gasteiger partial charge < -0.3 is 5.11 Å². The summed E-state index contributed by atoms with van der Waals surface area (Å²) in [6, 6.07) is 0. The van der Waals surface area contributed by atoms with Gasteiger partial charge >= 0.3 is 0 Å². The molecule has 0 aliphatic heterocycles. The smallest absolute Gasteiger partial charge is 0.133 e. The molecule has 0 aromatic carbocycles. The molecule has 0 aliphatic rings. The maximum absolute atomic E-state index is 9.08. The lowest BCUT2D eigenvalue weighted by molar-refractivity contribution is 0.281. The van der Waals surface area contributed by atoms with Gasteiger partial charge in [0.15, 0.2) is 0 Å². The fourth-order valence-electron chi connectivity index (χ4n) is 1.43. The molecule has 0 aliphatic carbocycles. The summed E-state index contributed by atoms with van der Waals surface area (Å²) in [5, 5.41) is 9.08. The lowest BCUT2D eigenvalue weighted by Gasteiger charge is -1.98. The van der Waals surface area contributed by atoms with E-state index in [0.717, 1.165) is 25.1 Å². The van der Waals surface area contributed by atoms with Crippen LogP contribution in [0, 0.1) is 11.8 Å². The molecule has 2 heteroatoms. The van der Waals surface area contributed by atoms with Crippen LogP contribution in [0.5, 0.6) is 0 Å². The number of hydrogen-bond acceptors (Lipinski definition) is 1. The average Bonchev–Trinajstić information content (AvgIpc) is 2.31. The summed E-state index contributed by atoms with van der Waals surface area (Å²) < 4.78 is 0. The molecule has 1 unspecified atom stereocenters. The van der Waals surface area contributed by atoms with Crippen molar-refractivity contribution in [3.8, 4) is 11.8 Å². The Labute approximate surface area is 105 Å². The molecule has 0 aromatic heterocycles. The minimum Gasteiger partial charge on any atom is -0.377 e. The highest BCUT2D eigenvalue weighted by Gasteiger charge is 1.91. The van der Waals surface area contributed by atoms with Crippen LogP contribution >= 0.6 is 11.6 Å². The van der Waals surface area contributed by atoms with Crippen LogP contribution in [-0.2, 0) is 0 Å². The highest BCUT2D eigenvalue weighted by molar-refractivity contribution is 6.17. The lowest BCUT2D eigenvalue weighted by atomic mass is 10.1. The summed E-state index contributed by atoms with van der Waals surface area (Å²) in [7, 11) is 0. The van der Waals surface area contributed by atoms with E-state index in [1.807, 2.05) is 0 Å². The number of alkyl halides is 1. The van der Waals surface area contributed by atoms with Gasteiger partial charge in [-0.1, -0.05) is 50.7 Å². The first-order chi connectivity index (χ1) is 7.81. The van der Waals surface area contributed by atoms with E-state index < -0.39 is 6.10 Å². The van der Waals surface area contributed by atoms with Crippen LogP contribution < -0.4 is 0 Å². The standard InChI is InChI=1S/C14H23ClO/c1-2-14(16)12-10-8-6-4-3-5-7-9-11-13-15/h2,14,16H,1,3-9,11,13H2. The van der Waals surface area contributed by atoms with Gasteiger partial charge in [-0.15, -0.1) is 17.5 Å². The SMILES string of the molecule is C=CC(O)C#CCCCCCCCCCCl. The summed E-state index contributed by atoms with van der Waals surface area (Å²) >= 11 is 5.59. The van der Waals surface area contributed by atoms with Crippen LogP contribution in [0.3, 0.4) is 0 Å². The Kier molecular flexibility index (Phi) is 12.3. The van der Waals surface area contributed by atoms with Crippen molar-refractivity contribution in [2.75, 3.05) is 5.88 Å². The highest BCUT2D eigenvalue weighted by Crippen LogP contribution is 2.08. The Bertz CT molecular complexity index is 215. The monoisotopic (exact) mass is 242 g/mol. The van der Waals surface area contributed by atoms with Crippen molar-refractivity contribution in [3.05, 3.63) is 12.7 Å². The molecule has 0 heterocycles. The number of unbranched alkanes of at least 4 members (excludes halogenated alkanes) is 7. The molecule has 0 bridgehead atoms. The first-order valence-corrected chi connectivity index (χ1v) is 6.69. The van der Waals surface area contributed by atoms with E-state index >= 15 is 0 Å². The number of rotatable bonds is 9. The fourth-order valence-corrected chi connectivity index (χ4v) is 1.62. The Hall–Kier alpha value is -0.450. The second-order valence-corrected chi connectivity index (χ2v) is 4.29. The molecule has 0 spiro atoms. The topological polar surface area (TPSA) is 20.2 Å². The lowest BCUT2D eigenvalue weighted by Crippen LogP contribution is -1.94. The van der Waals surface area contributed by atoms with E-state index in [2.05, 4.69) is 18.4 Å². The van der Waals surface area contributed by atoms with Crippen LogP contribution in [0.2, 0.25) is 0 Å². The second kappa shape index (κ2) is 12.6. The van der Waals surface area contributed by atoms with Gasteiger partial charge in [0.2, 0.25) is 0 Å². The normalized spacial score (nSPS) is 11.6. The molecular weight excluding hydrogens is 220 g/mol. The summed E-state index contributed by atoms with van der Waals surface area (Å²) in [6.07, 6.45) is 10.3. The van der Waals surface area contributed by atoms with Gasteiger partial charge in [0.25, 0.3) is 0 Å². The van der Waals surface area contributed by atoms with Gasteiger partial charge in [-0.25, -0.2) is 0 Å². The molecule has 1 atom stereocenters. The minimum absolute atomic E-state index is 0.657. The molecular formula is C14H23ClO. The van der Waals surface area contributed by atoms with Gasteiger partial charge in [0.1, 0.15) is 6.10 Å². The summed E-state index contributed by atoms with van der Waals surface area (Å²) in [5.41, 5.74) is 0. The molecule has 0 aromatic rings. The Morgan fingerprint density at radius 2 is 1.62 bits per heavy atom. The van der Waals surface area contributed by atoms with E-state index in [-0.39, 0.29) is 0 Å². The quantitative estimate of drug-likeness (QED) is 0.281. The van der Waals surface area contributed by atoms with Gasteiger partial charge in [0, 0.05) is 12.3 Å². The largest absolute Gasteiger partial charge is 0.377 e. The summed E-state index contributed by atoms with van der Waals surface area (Å²) in [6.45, 7) is 3.46. The van der Waals surface area contributed by atoms with Crippen LogP contribution in [0.25, 0.3) is 0 Å². The number of aliphatic hydroxyl groups is 1. The van der Waals surface area contributed by atoms with Crippen LogP contribution in [0.1, 0.15) is 51.4 Å². The molecule has 0 saturated heterocycles. The Morgan fingerprint density at radius 3 is 2.19 bits per heavy atom. The predicted octanol–water partition coefficient (Wildman–Crippen LogP) is 3.90. The highest BCUT2D eigenvalue weighted by atomic mass is 35.5. The van der Waals surface area contributed by atoms with E-state index in [0.29, 0.717) is 0 Å². The number of hydrogen-bond donors (Lipinski definition) is 1. The van der Waals surface area contributed by atoms with E-state index in [4.69, 9.17) is 16.7 Å². The fraction of sp³-hybridized carbons (Fsp3) is 0.714. The van der Waals surface area contributed by atoms with E-state index in [1.54, 1.807) is 0 Å². The van der Waals surface area contributed by atoms with Crippen molar-refractivity contribution in [3.63, 3.8) is 0 Å². The van der Waals surface area contributed by atoms with Gasteiger partial charge in [-0.3, -0.25) is 0 Å². The van der Waals surface area contributed by atoms with Crippen molar-refractivity contribution < 1.29 is 5.11 Å². The summed E-state index contributed by atoms with van der Waals surface area (Å²) in [5.74, 6) is 6.48. The van der Waals surface area contributed by atoms with Crippen LogP contribution in [0.4, 0.5) is 0 Å². The van der Waals surface area contributed by atoms with E-state index in [1.165, 1.54) is 38.2 Å². The average molecular weight is 243 g/mol. The van der Waals surface area contributed by atoms with Crippen LogP contribution in [0.15, 0.2) is 12.7 Å². The van der Waals surface area contributed by atoms with Gasteiger partial charge in [0.05, 0.1) is 0 Å². The van der Waals surface area contributed by atoms with E-state index in [9.17, 15) is 0 Å². The van der Waals surface area contributed by atoms with Crippen molar-refractivity contribution in [1.29, 1.82) is 0 Å². The van der Waals surface area contributed by atoms with Crippen molar-refractivity contribution in [1.82, 2.24) is 0 Å². The maximum Gasteiger partial charge on any atom is 0.133 e. The Morgan fingerprint density at radius 1 is 1.06 bits per heavy atom. The van der Waals surface area contributed by atoms with Gasteiger partial charge in [-0.2, -0.15) is 0 Å². The first kappa shape index (κ1) is 15.6. The van der Waals surface area contributed by atoms with Crippen LogP contribution in [-0.4, -0.2) is 17.1 Å². The minimum atomic E-state index is -0.657. The number of halogens is 1. The molecule has 0 rings (SSSR count). The molecule has 0 fully saturated rings. The Balaban J connectivity index is 3.14. The first-order valence-electron chi connectivity index (χ1n) is 6.16. The molecule has 1 nitrogen and oxygen atoms in total. The molecule has 0 saturated carbocycles. The zero-order valence-corrected chi connectivity index (χ0v) is 10.8. The molecule has 1 N–H and O–H groups in total. The molecule has 92 valence electrons. The maximum atomic E-state index is 9.08. The third kappa shape index (κ3) is 11.6. The zero-order valence-electron chi connectivity index (χ0n) is 10.1. The summed E-state index contributed by atoms with van der Waals surface area (Å²) in [4.78, 5) is 0. The van der Waals surface area contributed by atoms with Gasteiger partial charge in [-0.05, 0) is 12.8 Å². The van der Waals surface area contributed by atoms with Crippen molar-refractivity contribution >= 4 is 11.6 Å². The third-order valence-electron chi connectivity index (χ3n) is 2.41. The molecule has 16 heavy (non-hydrogen) atoms. The molecule has 0 amide bonds.